The van der Waals surface area contributed by atoms with Crippen LogP contribution in [0.2, 0.25) is 58.9 Å². The third-order valence-corrected chi connectivity index (χ3v) is 18.6. The number of Topliss-reactive ketones (excluding diaryl/α,β-unsaturated/α-hetero) is 1. The first-order valence-corrected chi connectivity index (χ1v) is 30.3. The minimum atomic E-state index is -3.41. The highest BCUT2D eigenvalue weighted by molar-refractivity contribution is 6.87. The number of benzene rings is 1. The Balaban J connectivity index is 2.06. The average molecular weight is 833 g/mol. The summed E-state index contributed by atoms with van der Waals surface area (Å²) in [5, 5.41) is 28.3. The Labute approximate surface area is 325 Å². The highest BCUT2D eigenvalue weighted by Crippen LogP contribution is 2.27. The standard InChI is InChI=1S/C34H64N4O12Si4/c1-51(2,3)48-54(49-52(4,5)6,50-53(7,8)9)47-24-10-23-46-30-13-11-29(12-14-30)31(39)25-35-15-17-36(26-32(40)41)19-21-38(28-34(44)45)22-20-37(18-16-35)27-33(42)43/h11-14H,10,15-28H2,1-9H3,(H,40,41)(H,42,43)(H,44,45). The number of hydrogen-bond acceptors (Lipinski definition) is 13. The van der Waals surface area contributed by atoms with Crippen LogP contribution in [0.15, 0.2) is 24.3 Å². The van der Waals surface area contributed by atoms with Gasteiger partial charge in [0.05, 0.1) is 32.8 Å². The Morgan fingerprint density at radius 1 is 0.537 bits per heavy atom. The van der Waals surface area contributed by atoms with E-state index in [1.54, 1.807) is 39.0 Å². The maximum absolute atomic E-state index is 13.5. The summed E-state index contributed by atoms with van der Waals surface area (Å²) < 4.78 is 32.0. The zero-order valence-corrected chi connectivity index (χ0v) is 37.7. The molecular weight excluding hydrogens is 769 g/mol. The summed E-state index contributed by atoms with van der Waals surface area (Å²) in [4.78, 5) is 55.1. The smallest absolute Gasteiger partial charge is 0.494 e. The van der Waals surface area contributed by atoms with E-state index in [-0.39, 0.29) is 32.0 Å². The van der Waals surface area contributed by atoms with Gasteiger partial charge in [-0.2, -0.15) is 0 Å². The second-order valence-corrected chi connectivity index (χ2v) is 32.8. The van der Waals surface area contributed by atoms with Gasteiger partial charge in [0.2, 0.25) is 0 Å². The van der Waals surface area contributed by atoms with Crippen LogP contribution in [0.4, 0.5) is 0 Å². The lowest BCUT2D eigenvalue weighted by molar-refractivity contribution is -0.140. The molecular formula is C34H64N4O12Si4. The number of ether oxygens (including phenoxy) is 1. The van der Waals surface area contributed by atoms with Gasteiger partial charge in [-0.3, -0.25) is 38.8 Å². The van der Waals surface area contributed by atoms with Gasteiger partial charge in [-0.15, -0.1) is 0 Å². The van der Waals surface area contributed by atoms with Crippen LogP contribution in [0.5, 0.6) is 5.75 Å². The Hall–Kier alpha value is -2.35. The van der Waals surface area contributed by atoms with E-state index >= 15 is 0 Å². The van der Waals surface area contributed by atoms with Crippen molar-refractivity contribution >= 4 is 57.7 Å². The Kier molecular flexibility index (Phi) is 19.3. The second kappa shape index (κ2) is 21.8. The highest BCUT2D eigenvalue weighted by Gasteiger charge is 2.53. The molecule has 0 radical (unpaired) electrons. The lowest BCUT2D eigenvalue weighted by atomic mass is 10.1. The van der Waals surface area contributed by atoms with Crippen molar-refractivity contribution in [3.05, 3.63) is 29.8 Å². The first kappa shape index (κ1) is 47.8. The molecule has 0 bridgehead atoms. The van der Waals surface area contributed by atoms with E-state index in [0.29, 0.717) is 83.3 Å². The zero-order chi connectivity index (χ0) is 40.7. The lowest BCUT2D eigenvalue weighted by Gasteiger charge is -2.40. The molecule has 0 aromatic heterocycles. The monoisotopic (exact) mass is 832 g/mol. The van der Waals surface area contributed by atoms with Gasteiger partial charge < -0.3 is 36.8 Å². The molecule has 0 aliphatic carbocycles. The third-order valence-electron chi connectivity index (χ3n) is 7.68. The summed E-state index contributed by atoms with van der Waals surface area (Å²) >= 11 is 0. The second-order valence-electron chi connectivity index (χ2n) is 16.4. The molecule has 308 valence electrons. The predicted molar refractivity (Wildman–Crippen MR) is 215 cm³/mol. The van der Waals surface area contributed by atoms with Crippen molar-refractivity contribution in [3.63, 3.8) is 0 Å². The topological polar surface area (TPSA) is 188 Å². The van der Waals surface area contributed by atoms with Gasteiger partial charge in [0.25, 0.3) is 0 Å². The third kappa shape index (κ3) is 21.1. The number of carboxylic acids is 3. The number of nitrogens with zero attached hydrogens (tertiary/aromatic N) is 4. The van der Waals surface area contributed by atoms with Crippen LogP contribution in [-0.2, 0) is 31.2 Å². The van der Waals surface area contributed by atoms with E-state index in [9.17, 15) is 34.5 Å². The number of rotatable bonds is 21. The Bertz CT molecular complexity index is 1280. The summed E-state index contributed by atoms with van der Waals surface area (Å²) in [6.07, 6.45) is 0.568. The van der Waals surface area contributed by atoms with Gasteiger partial charge in [-0.25, -0.2) is 0 Å². The molecule has 1 aliphatic heterocycles. The molecule has 1 saturated heterocycles. The van der Waals surface area contributed by atoms with E-state index in [0.717, 1.165) is 0 Å². The Morgan fingerprint density at radius 2 is 0.870 bits per heavy atom. The van der Waals surface area contributed by atoms with Gasteiger partial charge in [-0.05, 0) is 83.2 Å². The number of carboxylic acid groups (broad SMARTS) is 3. The highest BCUT2D eigenvalue weighted by atomic mass is 28.5. The predicted octanol–water partition coefficient (Wildman–Crippen LogP) is 3.12. The molecule has 1 heterocycles. The molecule has 0 unspecified atom stereocenters. The van der Waals surface area contributed by atoms with Crippen LogP contribution in [0.1, 0.15) is 16.8 Å². The number of ketones is 1. The molecule has 0 spiro atoms. The molecule has 20 heteroatoms. The summed E-state index contributed by atoms with van der Waals surface area (Å²) in [7, 11) is -9.63. The maximum atomic E-state index is 13.5. The van der Waals surface area contributed by atoms with Crippen molar-refractivity contribution in [2.75, 3.05) is 91.8 Å². The zero-order valence-electron chi connectivity index (χ0n) is 33.7. The molecule has 54 heavy (non-hydrogen) atoms. The minimum Gasteiger partial charge on any atom is -0.494 e. The number of carbonyl (C=O) groups excluding carboxylic acids is 1. The lowest BCUT2D eigenvalue weighted by Crippen LogP contribution is -2.62. The largest absolute Gasteiger partial charge is 0.647 e. The number of carbonyl (C=O) groups is 4. The van der Waals surface area contributed by atoms with Crippen LogP contribution < -0.4 is 4.74 Å². The molecule has 1 aromatic carbocycles. The molecule has 0 amide bonds. The van der Waals surface area contributed by atoms with Crippen LogP contribution >= 0.6 is 0 Å². The molecule has 1 aromatic rings. The van der Waals surface area contributed by atoms with Crippen molar-refractivity contribution in [2.24, 2.45) is 0 Å². The van der Waals surface area contributed by atoms with E-state index in [2.05, 4.69) is 58.9 Å². The summed E-state index contributed by atoms with van der Waals surface area (Å²) in [6, 6.07) is 6.90. The van der Waals surface area contributed by atoms with E-state index in [1.807, 2.05) is 4.90 Å². The molecule has 1 fully saturated rings. The van der Waals surface area contributed by atoms with Crippen LogP contribution in [0, 0.1) is 0 Å². The summed E-state index contributed by atoms with van der Waals surface area (Å²) in [5.41, 5.74) is 0.483. The first-order valence-electron chi connectivity index (χ1n) is 18.5. The first-order chi connectivity index (χ1) is 24.9. The fourth-order valence-electron chi connectivity index (χ4n) is 5.54. The van der Waals surface area contributed by atoms with Gasteiger partial charge in [0.15, 0.2) is 30.7 Å². The van der Waals surface area contributed by atoms with Gasteiger partial charge in [0, 0.05) is 70.9 Å². The summed E-state index contributed by atoms with van der Waals surface area (Å²) in [5.74, 6) is -2.57. The normalized spacial score (nSPS) is 17.1. The molecule has 2 rings (SSSR count). The van der Waals surface area contributed by atoms with E-state index < -0.39 is 51.9 Å². The van der Waals surface area contributed by atoms with Crippen LogP contribution in [-0.4, -0.2) is 184 Å². The molecule has 16 nitrogen and oxygen atoms in total. The van der Waals surface area contributed by atoms with Crippen LogP contribution in [0.3, 0.4) is 0 Å². The van der Waals surface area contributed by atoms with Crippen molar-refractivity contribution in [1.82, 2.24) is 19.6 Å². The van der Waals surface area contributed by atoms with Gasteiger partial charge in [-0.1, -0.05) is 0 Å². The van der Waals surface area contributed by atoms with Crippen LogP contribution in [0.25, 0.3) is 0 Å². The number of hydrogen-bond donors (Lipinski definition) is 3. The molecule has 3 N–H and O–H groups in total. The summed E-state index contributed by atoms with van der Waals surface area (Å²) in [6.45, 7) is 21.6. The quantitative estimate of drug-likeness (QED) is 0.0931. The fourth-order valence-corrected chi connectivity index (χ4v) is 17.3. The molecule has 0 atom stereocenters. The number of aliphatic carboxylic acids is 3. The van der Waals surface area contributed by atoms with E-state index in [1.165, 1.54) is 0 Å². The fraction of sp³-hybridized carbons (Fsp3) is 0.706. The van der Waals surface area contributed by atoms with Crippen molar-refractivity contribution in [2.45, 2.75) is 65.3 Å². The molecule has 0 saturated carbocycles. The van der Waals surface area contributed by atoms with Gasteiger partial charge in [0.1, 0.15) is 5.75 Å². The Morgan fingerprint density at radius 3 is 1.19 bits per heavy atom. The van der Waals surface area contributed by atoms with Crippen molar-refractivity contribution < 1.29 is 56.0 Å². The SMILES string of the molecule is C[Si](C)(C)O[Si](OCCCOc1ccc(C(=O)CN2CCN(CC(=O)O)CCN(CC(=O)O)CCN(CC(=O)O)CC2)cc1)(O[Si](C)(C)C)O[Si](C)(C)C. The van der Waals surface area contributed by atoms with Gasteiger partial charge >= 0.3 is 27.0 Å². The molecule has 1 aliphatic rings. The van der Waals surface area contributed by atoms with Crippen molar-refractivity contribution in [1.29, 1.82) is 0 Å². The average Bonchev–Trinajstić information content (AvgIpc) is 2.99. The van der Waals surface area contributed by atoms with Crippen molar-refractivity contribution in [3.8, 4) is 5.75 Å². The maximum Gasteiger partial charge on any atom is 0.647 e. The van der Waals surface area contributed by atoms with E-state index in [4.69, 9.17) is 21.5 Å². The minimum absolute atomic E-state index is 0.0502.